The number of hydrogen-bond acceptors (Lipinski definition) is 3. The number of piperidine rings is 1. The molecule has 1 unspecified atom stereocenters. The van der Waals surface area contributed by atoms with Gasteiger partial charge in [-0.15, -0.1) is 0 Å². The fraction of sp³-hybridized carbons (Fsp3) is 0.500. The number of carbonyl (C=O) groups excluding carboxylic acids is 1. The first-order valence-electron chi connectivity index (χ1n) is 6.51. The van der Waals surface area contributed by atoms with Gasteiger partial charge in [0.05, 0.1) is 17.7 Å². The van der Waals surface area contributed by atoms with Crippen LogP contribution in [0.1, 0.15) is 31.4 Å². The molecule has 1 aromatic carbocycles. The number of carbonyl (C=O) groups is 1. The van der Waals surface area contributed by atoms with Gasteiger partial charge in [0.25, 0.3) is 0 Å². The van der Waals surface area contributed by atoms with Gasteiger partial charge in [-0.2, -0.15) is 0 Å². The molecule has 4 nitrogen and oxygen atoms in total. The summed E-state index contributed by atoms with van der Waals surface area (Å²) in [6, 6.07) is 5.82. The molecule has 0 bridgehead atoms. The molecule has 3 N–H and O–H groups in total. The molecule has 104 valence electrons. The van der Waals surface area contributed by atoms with Crippen molar-refractivity contribution in [3.8, 4) is 0 Å². The topological polar surface area (TPSA) is 66.6 Å². The third-order valence-corrected chi connectivity index (χ3v) is 4.25. The highest BCUT2D eigenvalue weighted by molar-refractivity contribution is 9.10. The predicted molar refractivity (Wildman–Crippen MR) is 78.9 cm³/mol. The summed E-state index contributed by atoms with van der Waals surface area (Å²) in [4.78, 5) is 13.5. The molecule has 1 aliphatic heterocycles. The summed E-state index contributed by atoms with van der Waals surface area (Å²) in [5.74, 6) is -0.293. The third-order valence-electron chi connectivity index (χ3n) is 3.62. The number of halogens is 1. The van der Waals surface area contributed by atoms with Crippen LogP contribution in [0.15, 0.2) is 22.7 Å². The maximum absolute atomic E-state index is 11.3. The van der Waals surface area contributed by atoms with Crippen LogP contribution >= 0.6 is 15.9 Å². The number of amides is 1. The number of aliphatic hydroxyl groups is 1. The molecular weight excluding hydrogens is 308 g/mol. The van der Waals surface area contributed by atoms with Crippen LogP contribution in [-0.2, 0) is 4.79 Å². The molecule has 1 fully saturated rings. The summed E-state index contributed by atoms with van der Waals surface area (Å²) in [7, 11) is 0. The van der Waals surface area contributed by atoms with Gasteiger partial charge in [-0.25, -0.2) is 0 Å². The second-order valence-corrected chi connectivity index (χ2v) is 5.93. The average Bonchev–Trinajstić information content (AvgIpc) is 2.38. The van der Waals surface area contributed by atoms with Crippen LogP contribution in [0, 0.1) is 5.92 Å². The van der Waals surface area contributed by atoms with Crippen LogP contribution in [0.5, 0.6) is 0 Å². The average molecular weight is 327 g/mol. The van der Waals surface area contributed by atoms with Gasteiger partial charge < -0.3 is 15.7 Å². The van der Waals surface area contributed by atoms with E-state index in [1.807, 2.05) is 18.2 Å². The Labute approximate surface area is 121 Å². The van der Waals surface area contributed by atoms with Gasteiger partial charge in [-0.05, 0) is 53.4 Å². The molecule has 0 spiro atoms. The first kappa shape index (κ1) is 14.3. The van der Waals surface area contributed by atoms with E-state index in [0.717, 1.165) is 35.1 Å². The second kappa shape index (κ2) is 5.92. The van der Waals surface area contributed by atoms with E-state index >= 15 is 0 Å². The zero-order chi connectivity index (χ0) is 14.0. The minimum atomic E-state index is -0.481. The lowest BCUT2D eigenvalue weighted by molar-refractivity contribution is -0.122. The standard InChI is InChI=1S/C14H19BrN2O2/c1-9(18)10-4-5-13(12(15)7-10)17-6-2-3-11(8-17)14(16)19/h4-5,7,9,11,18H,2-3,6,8H2,1H3,(H2,16,19)/t9-,11?/m0/s1. The molecule has 1 saturated heterocycles. The molecule has 0 saturated carbocycles. The Balaban J connectivity index is 2.19. The zero-order valence-corrected chi connectivity index (χ0v) is 12.6. The van der Waals surface area contributed by atoms with Crippen molar-refractivity contribution < 1.29 is 9.90 Å². The van der Waals surface area contributed by atoms with Gasteiger partial charge in [0.1, 0.15) is 0 Å². The van der Waals surface area contributed by atoms with Crippen LogP contribution in [0.3, 0.4) is 0 Å². The minimum Gasteiger partial charge on any atom is -0.389 e. The maximum atomic E-state index is 11.3. The lowest BCUT2D eigenvalue weighted by Gasteiger charge is -2.33. The van der Waals surface area contributed by atoms with E-state index in [2.05, 4.69) is 20.8 Å². The van der Waals surface area contributed by atoms with E-state index in [1.54, 1.807) is 6.92 Å². The summed E-state index contributed by atoms with van der Waals surface area (Å²) in [6.07, 6.45) is 1.36. The molecule has 2 atom stereocenters. The number of rotatable bonds is 3. The first-order chi connectivity index (χ1) is 8.99. The third kappa shape index (κ3) is 3.28. The fourth-order valence-electron chi connectivity index (χ4n) is 2.47. The Morgan fingerprint density at radius 2 is 2.32 bits per heavy atom. The molecular formula is C14H19BrN2O2. The van der Waals surface area contributed by atoms with E-state index in [0.29, 0.717) is 6.54 Å². The SMILES string of the molecule is C[C@H](O)c1ccc(N2CCCC(C(N)=O)C2)c(Br)c1. The van der Waals surface area contributed by atoms with Crippen LogP contribution < -0.4 is 10.6 Å². The van der Waals surface area contributed by atoms with E-state index in [9.17, 15) is 9.90 Å². The Bertz CT molecular complexity index is 477. The van der Waals surface area contributed by atoms with Crippen LogP contribution in [0.25, 0.3) is 0 Å². The van der Waals surface area contributed by atoms with Gasteiger partial charge in [-0.3, -0.25) is 4.79 Å². The largest absolute Gasteiger partial charge is 0.389 e. The van der Waals surface area contributed by atoms with Gasteiger partial charge in [0.15, 0.2) is 0 Å². The van der Waals surface area contributed by atoms with E-state index in [-0.39, 0.29) is 11.8 Å². The van der Waals surface area contributed by atoms with Gasteiger partial charge in [0.2, 0.25) is 5.91 Å². The Hall–Kier alpha value is -1.07. The lowest BCUT2D eigenvalue weighted by Crippen LogP contribution is -2.41. The van der Waals surface area contributed by atoms with Crippen molar-refractivity contribution in [1.29, 1.82) is 0 Å². The van der Waals surface area contributed by atoms with E-state index in [1.165, 1.54) is 0 Å². The lowest BCUT2D eigenvalue weighted by atomic mass is 9.97. The molecule has 1 aliphatic rings. The number of aliphatic hydroxyl groups excluding tert-OH is 1. The predicted octanol–water partition coefficient (Wildman–Crippen LogP) is 2.20. The van der Waals surface area contributed by atoms with Crippen LogP contribution in [0.4, 0.5) is 5.69 Å². The van der Waals surface area contributed by atoms with Crippen molar-refractivity contribution >= 4 is 27.5 Å². The van der Waals surface area contributed by atoms with Crippen molar-refractivity contribution in [2.45, 2.75) is 25.9 Å². The summed E-state index contributed by atoms with van der Waals surface area (Å²) < 4.78 is 0.941. The molecule has 0 aliphatic carbocycles. The van der Waals surface area contributed by atoms with Crippen molar-refractivity contribution in [2.75, 3.05) is 18.0 Å². The van der Waals surface area contributed by atoms with Gasteiger partial charge in [0, 0.05) is 17.6 Å². The monoisotopic (exact) mass is 326 g/mol. The number of nitrogens with zero attached hydrogens (tertiary/aromatic N) is 1. The highest BCUT2D eigenvalue weighted by Gasteiger charge is 2.25. The minimum absolute atomic E-state index is 0.0721. The van der Waals surface area contributed by atoms with Crippen molar-refractivity contribution in [2.24, 2.45) is 11.7 Å². The molecule has 0 aromatic heterocycles. The van der Waals surface area contributed by atoms with Gasteiger partial charge >= 0.3 is 0 Å². The smallest absolute Gasteiger partial charge is 0.222 e. The number of primary amides is 1. The zero-order valence-electron chi connectivity index (χ0n) is 11.0. The van der Waals surface area contributed by atoms with Crippen molar-refractivity contribution in [3.63, 3.8) is 0 Å². The highest BCUT2D eigenvalue weighted by atomic mass is 79.9. The summed E-state index contributed by atoms with van der Waals surface area (Å²) in [5.41, 5.74) is 7.32. The van der Waals surface area contributed by atoms with Crippen LogP contribution in [0.2, 0.25) is 0 Å². The number of nitrogens with two attached hydrogens (primary N) is 1. The summed E-state index contributed by atoms with van der Waals surface area (Å²) >= 11 is 3.54. The number of anilines is 1. The first-order valence-corrected chi connectivity index (χ1v) is 7.30. The molecule has 5 heteroatoms. The van der Waals surface area contributed by atoms with E-state index in [4.69, 9.17) is 5.73 Å². The molecule has 0 radical (unpaired) electrons. The molecule has 19 heavy (non-hydrogen) atoms. The molecule has 2 rings (SSSR count). The molecule has 1 heterocycles. The summed E-state index contributed by atoms with van der Waals surface area (Å²) in [5, 5.41) is 9.57. The van der Waals surface area contributed by atoms with Gasteiger partial charge in [-0.1, -0.05) is 6.07 Å². The second-order valence-electron chi connectivity index (χ2n) is 5.07. The number of hydrogen-bond donors (Lipinski definition) is 2. The molecule has 1 amide bonds. The Kier molecular flexibility index (Phi) is 4.47. The van der Waals surface area contributed by atoms with Crippen LogP contribution in [-0.4, -0.2) is 24.1 Å². The maximum Gasteiger partial charge on any atom is 0.222 e. The van der Waals surface area contributed by atoms with Crippen molar-refractivity contribution in [1.82, 2.24) is 0 Å². The molecule has 1 aromatic rings. The fourth-order valence-corrected chi connectivity index (χ4v) is 3.11. The highest BCUT2D eigenvalue weighted by Crippen LogP contribution is 2.32. The Morgan fingerprint density at radius 3 is 2.89 bits per heavy atom. The Morgan fingerprint density at radius 1 is 1.58 bits per heavy atom. The number of benzene rings is 1. The quantitative estimate of drug-likeness (QED) is 0.894. The van der Waals surface area contributed by atoms with Crippen molar-refractivity contribution in [3.05, 3.63) is 28.2 Å². The summed E-state index contributed by atoms with van der Waals surface area (Å²) in [6.45, 7) is 3.34. The normalized spacial score (nSPS) is 21.2. The van der Waals surface area contributed by atoms with E-state index < -0.39 is 6.10 Å².